The molecule has 9 heteroatoms. The maximum atomic E-state index is 14.1. The maximum Gasteiger partial charge on any atom is 0.573 e. The summed E-state index contributed by atoms with van der Waals surface area (Å²) >= 11 is 1.53. The van der Waals surface area contributed by atoms with E-state index in [0.29, 0.717) is 5.56 Å². The number of halogens is 5. The molecule has 0 aliphatic carbocycles. The first-order valence-electron chi connectivity index (χ1n) is 7.46. The maximum absolute atomic E-state index is 14.1. The molecule has 0 unspecified atom stereocenters. The number of piperazine rings is 1. The van der Waals surface area contributed by atoms with E-state index in [9.17, 15) is 17.6 Å². The second-order valence-corrected chi connectivity index (χ2v) is 6.26. The minimum atomic E-state index is -4.91. The third kappa shape index (κ3) is 5.07. The van der Waals surface area contributed by atoms with Crippen LogP contribution in [0.5, 0.6) is 5.75 Å². The van der Waals surface area contributed by atoms with Gasteiger partial charge < -0.3 is 10.1 Å². The average molecular weight is 397 g/mol. The highest BCUT2D eigenvalue weighted by atomic mass is 35.5. The van der Waals surface area contributed by atoms with Gasteiger partial charge in [-0.25, -0.2) is 4.39 Å². The molecule has 1 aliphatic rings. The molecule has 1 aromatic carbocycles. The van der Waals surface area contributed by atoms with E-state index in [0.717, 1.165) is 43.9 Å². The molecule has 1 aliphatic heterocycles. The van der Waals surface area contributed by atoms with Crippen LogP contribution in [0.3, 0.4) is 0 Å². The van der Waals surface area contributed by atoms with Gasteiger partial charge in [-0.05, 0) is 40.1 Å². The highest BCUT2D eigenvalue weighted by molar-refractivity contribution is 7.08. The Balaban J connectivity index is 0.00000225. The second-order valence-electron chi connectivity index (χ2n) is 5.48. The van der Waals surface area contributed by atoms with Crippen LogP contribution in [0.1, 0.15) is 17.2 Å². The number of rotatable bonds is 4. The molecule has 0 amide bonds. The summed E-state index contributed by atoms with van der Waals surface area (Å²) < 4.78 is 54.7. The predicted molar refractivity (Wildman–Crippen MR) is 90.9 cm³/mol. The van der Waals surface area contributed by atoms with Gasteiger partial charge in [0.1, 0.15) is 0 Å². The minimum absolute atomic E-state index is 0. The molecule has 1 fully saturated rings. The molecule has 0 radical (unpaired) electrons. The number of nitrogens with one attached hydrogen (secondary N) is 1. The Labute approximate surface area is 153 Å². The zero-order valence-electron chi connectivity index (χ0n) is 13.1. The molecular weight excluding hydrogens is 380 g/mol. The zero-order valence-corrected chi connectivity index (χ0v) is 14.7. The summed E-state index contributed by atoms with van der Waals surface area (Å²) in [4.78, 5) is 2.19. The Hall–Kier alpha value is -1.35. The Kier molecular flexibility index (Phi) is 6.67. The average Bonchev–Trinajstić information content (AvgIpc) is 3.04. The Morgan fingerprint density at radius 1 is 1.12 bits per heavy atom. The van der Waals surface area contributed by atoms with Gasteiger partial charge in [0.25, 0.3) is 0 Å². The lowest BCUT2D eigenvalue weighted by Gasteiger charge is -2.35. The van der Waals surface area contributed by atoms with Crippen molar-refractivity contribution in [3.63, 3.8) is 0 Å². The first-order chi connectivity index (χ1) is 11.4. The van der Waals surface area contributed by atoms with Crippen LogP contribution in [-0.2, 0) is 0 Å². The fourth-order valence-corrected chi connectivity index (χ4v) is 3.56. The van der Waals surface area contributed by atoms with Gasteiger partial charge in [-0.2, -0.15) is 11.3 Å². The molecule has 0 saturated carbocycles. The standard InChI is InChI=1S/C16H16F4N2OS.ClH/c17-13-9-11(1-2-14(13)23-16(18,19)20)15(12-3-8-24-10-12)22-6-4-21-5-7-22;/h1-3,8-10,15,21H,4-7H2;1H/t15-;/m1./s1. The van der Waals surface area contributed by atoms with Gasteiger partial charge in [-0.3, -0.25) is 4.90 Å². The molecule has 1 aromatic heterocycles. The van der Waals surface area contributed by atoms with E-state index in [2.05, 4.69) is 15.0 Å². The molecule has 3 nitrogen and oxygen atoms in total. The number of thiophene rings is 1. The van der Waals surface area contributed by atoms with Crippen molar-refractivity contribution in [2.45, 2.75) is 12.4 Å². The summed E-state index contributed by atoms with van der Waals surface area (Å²) in [6.45, 7) is 3.20. The van der Waals surface area contributed by atoms with E-state index in [4.69, 9.17) is 0 Å². The highest BCUT2D eigenvalue weighted by Gasteiger charge is 2.33. The number of alkyl halides is 3. The van der Waals surface area contributed by atoms with Crippen molar-refractivity contribution in [3.05, 3.63) is 52.0 Å². The topological polar surface area (TPSA) is 24.5 Å². The van der Waals surface area contributed by atoms with E-state index < -0.39 is 17.9 Å². The number of nitrogens with zero attached hydrogens (tertiary/aromatic N) is 1. The summed E-state index contributed by atoms with van der Waals surface area (Å²) in [6, 6.07) is 5.43. The second kappa shape index (κ2) is 8.35. The van der Waals surface area contributed by atoms with E-state index >= 15 is 0 Å². The Bertz CT molecular complexity index is 675. The molecule has 0 bridgehead atoms. The molecule has 1 saturated heterocycles. The molecule has 1 atom stereocenters. The smallest absolute Gasteiger partial charge is 0.403 e. The molecule has 138 valence electrons. The van der Waals surface area contributed by atoms with Crippen molar-refractivity contribution in [3.8, 4) is 5.75 Å². The van der Waals surface area contributed by atoms with Crippen LogP contribution in [0.15, 0.2) is 35.0 Å². The lowest BCUT2D eigenvalue weighted by atomic mass is 9.98. The normalized spacial score (nSPS) is 17.0. The first-order valence-corrected chi connectivity index (χ1v) is 8.40. The number of hydrogen-bond donors (Lipinski definition) is 1. The van der Waals surface area contributed by atoms with Gasteiger partial charge in [-0.15, -0.1) is 25.6 Å². The number of hydrogen-bond acceptors (Lipinski definition) is 4. The van der Waals surface area contributed by atoms with E-state index in [1.807, 2.05) is 16.8 Å². The molecular formula is C16H17ClF4N2OS. The molecule has 2 aromatic rings. The number of benzene rings is 1. The summed E-state index contributed by atoms with van der Waals surface area (Å²) in [6.07, 6.45) is -4.91. The third-order valence-corrected chi connectivity index (χ3v) is 4.57. The molecule has 25 heavy (non-hydrogen) atoms. The highest BCUT2D eigenvalue weighted by Crippen LogP contribution is 2.34. The minimum Gasteiger partial charge on any atom is -0.403 e. The van der Waals surface area contributed by atoms with Crippen LogP contribution < -0.4 is 10.1 Å². The lowest BCUT2D eigenvalue weighted by Crippen LogP contribution is -2.45. The predicted octanol–water partition coefficient (Wildman–Crippen LogP) is 4.20. The Morgan fingerprint density at radius 3 is 2.40 bits per heavy atom. The van der Waals surface area contributed by atoms with Gasteiger partial charge in [0, 0.05) is 26.2 Å². The molecule has 1 N–H and O–H groups in total. The van der Waals surface area contributed by atoms with E-state index in [1.165, 1.54) is 17.4 Å². The summed E-state index contributed by atoms with van der Waals surface area (Å²) in [7, 11) is 0. The van der Waals surface area contributed by atoms with E-state index in [1.54, 1.807) is 0 Å². The van der Waals surface area contributed by atoms with Crippen molar-refractivity contribution < 1.29 is 22.3 Å². The summed E-state index contributed by atoms with van der Waals surface area (Å²) in [5.41, 5.74) is 1.62. The Morgan fingerprint density at radius 2 is 1.84 bits per heavy atom. The van der Waals surface area contributed by atoms with Crippen LogP contribution in [0.2, 0.25) is 0 Å². The van der Waals surface area contributed by atoms with Crippen molar-refractivity contribution >= 4 is 23.7 Å². The fraction of sp³-hybridized carbons (Fsp3) is 0.375. The van der Waals surface area contributed by atoms with Gasteiger partial charge in [0.2, 0.25) is 0 Å². The summed E-state index contributed by atoms with van der Waals surface area (Å²) in [5.74, 6) is -1.82. The summed E-state index contributed by atoms with van der Waals surface area (Å²) in [5, 5.41) is 7.16. The molecule has 0 spiro atoms. The van der Waals surface area contributed by atoms with Gasteiger partial charge >= 0.3 is 6.36 Å². The van der Waals surface area contributed by atoms with Crippen LogP contribution >= 0.6 is 23.7 Å². The van der Waals surface area contributed by atoms with Crippen molar-refractivity contribution in [1.29, 1.82) is 0 Å². The third-order valence-electron chi connectivity index (χ3n) is 3.87. The monoisotopic (exact) mass is 396 g/mol. The SMILES string of the molecule is Cl.Fc1cc([C@H](c2ccsc2)N2CCNCC2)ccc1OC(F)(F)F. The number of ether oxygens (including phenoxy) is 1. The van der Waals surface area contributed by atoms with Crippen molar-refractivity contribution in [2.75, 3.05) is 26.2 Å². The van der Waals surface area contributed by atoms with Crippen molar-refractivity contribution in [1.82, 2.24) is 10.2 Å². The van der Waals surface area contributed by atoms with Gasteiger partial charge in [-0.1, -0.05) is 6.07 Å². The van der Waals surface area contributed by atoms with Crippen LogP contribution in [0.25, 0.3) is 0 Å². The molecule has 2 heterocycles. The fourth-order valence-electron chi connectivity index (χ4n) is 2.88. The first kappa shape index (κ1) is 20.0. The largest absolute Gasteiger partial charge is 0.573 e. The van der Waals surface area contributed by atoms with E-state index in [-0.39, 0.29) is 18.4 Å². The zero-order chi connectivity index (χ0) is 17.2. The lowest BCUT2D eigenvalue weighted by molar-refractivity contribution is -0.275. The van der Waals surface area contributed by atoms with Gasteiger partial charge in [0.15, 0.2) is 11.6 Å². The molecule has 3 rings (SSSR count). The van der Waals surface area contributed by atoms with Crippen molar-refractivity contribution in [2.24, 2.45) is 0 Å². The van der Waals surface area contributed by atoms with Crippen LogP contribution in [-0.4, -0.2) is 37.4 Å². The van der Waals surface area contributed by atoms with Crippen LogP contribution in [0, 0.1) is 5.82 Å². The quantitative estimate of drug-likeness (QED) is 0.784. The van der Waals surface area contributed by atoms with Gasteiger partial charge in [0.05, 0.1) is 6.04 Å². The van der Waals surface area contributed by atoms with Crippen LogP contribution in [0.4, 0.5) is 17.6 Å².